The van der Waals surface area contributed by atoms with Crippen molar-refractivity contribution in [1.29, 1.82) is 0 Å². The number of amides is 1. The van der Waals surface area contributed by atoms with Gasteiger partial charge in [-0.1, -0.05) is 6.07 Å². The molecular weight excluding hydrogens is 322 g/mol. The van der Waals surface area contributed by atoms with Crippen LogP contribution in [0.15, 0.2) is 23.7 Å². The molecule has 3 heterocycles. The summed E-state index contributed by atoms with van der Waals surface area (Å²) in [7, 11) is -3.11. The second-order valence-electron chi connectivity index (χ2n) is 5.38. The van der Waals surface area contributed by atoms with Crippen molar-refractivity contribution in [3.05, 3.63) is 29.5 Å². The molecule has 1 aliphatic rings. The number of rotatable bonds is 4. The van der Waals surface area contributed by atoms with Crippen molar-refractivity contribution < 1.29 is 13.2 Å². The van der Waals surface area contributed by atoms with Crippen molar-refractivity contribution in [2.45, 2.75) is 19.5 Å². The molecular formula is C14H17N3O3S2. The molecule has 8 heteroatoms. The van der Waals surface area contributed by atoms with Crippen molar-refractivity contribution in [3.63, 3.8) is 0 Å². The Bertz CT molecular complexity index is 778. The Morgan fingerprint density at radius 1 is 1.41 bits per heavy atom. The molecule has 0 spiro atoms. The summed E-state index contributed by atoms with van der Waals surface area (Å²) in [6, 6.07) is 4.06. The summed E-state index contributed by atoms with van der Waals surface area (Å²) < 4.78 is 24.5. The van der Waals surface area contributed by atoms with Crippen LogP contribution >= 0.6 is 11.3 Å². The lowest BCUT2D eigenvalue weighted by Gasteiger charge is -2.28. The van der Waals surface area contributed by atoms with Crippen molar-refractivity contribution in [2.24, 2.45) is 0 Å². The van der Waals surface area contributed by atoms with Gasteiger partial charge in [-0.05, 0) is 11.4 Å². The van der Waals surface area contributed by atoms with Crippen LogP contribution in [-0.4, -0.2) is 47.3 Å². The predicted octanol–water partition coefficient (Wildman–Crippen LogP) is 1.39. The van der Waals surface area contributed by atoms with Crippen LogP contribution in [0.3, 0.4) is 0 Å². The molecule has 0 bridgehead atoms. The Morgan fingerprint density at radius 3 is 2.91 bits per heavy atom. The first-order valence-electron chi connectivity index (χ1n) is 6.98. The number of sulfone groups is 1. The van der Waals surface area contributed by atoms with Gasteiger partial charge in [0.15, 0.2) is 0 Å². The van der Waals surface area contributed by atoms with E-state index in [0.29, 0.717) is 19.6 Å². The van der Waals surface area contributed by atoms with Crippen molar-refractivity contribution in [1.82, 2.24) is 14.5 Å². The van der Waals surface area contributed by atoms with Gasteiger partial charge in [-0.2, -0.15) is 0 Å². The number of hydrogen-bond acceptors (Lipinski definition) is 5. The van der Waals surface area contributed by atoms with Gasteiger partial charge in [0.05, 0.1) is 29.1 Å². The molecule has 2 aromatic rings. The highest BCUT2D eigenvalue weighted by atomic mass is 32.2. The number of carbonyl (C=O) groups excluding carboxylic acids is 1. The maximum atomic E-state index is 12.1. The van der Waals surface area contributed by atoms with Crippen LogP contribution in [-0.2, 0) is 27.7 Å². The van der Waals surface area contributed by atoms with Crippen molar-refractivity contribution in [3.8, 4) is 10.6 Å². The average Bonchev–Trinajstić information content (AvgIpc) is 3.11. The Morgan fingerprint density at radius 2 is 2.23 bits per heavy atom. The summed E-state index contributed by atoms with van der Waals surface area (Å²) in [5.74, 6) is 0.622. The number of hydrogen-bond donors (Lipinski definition) is 0. The molecule has 0 atom stereocenters. The molecule has 3 rings (SSSR count). The lowest BCUT2D eigenvalue weighted by Crippen LogP contribution is -2.39. The molecule has 1 amide bonds. The Labute approximate surface area is 133 Å². The summed E-state index contributed by atoms with van der Waals surface area (Å²) in [6.07, 6.45) is 3.03. The Kier molecular flexibility index (Phi) is 4.05. The molecule has 0 unspecified atom stereocenters. The first-order valence-corrected chi connectivity index (χ1v) is 9.92. The molecule has 0 saturated carbocycles. The second-order valence-corrected chi connectivity index (χ2v) is 8.59. The van der Waals surface area contributed by atoms with E-state index in [1.165, 1.54) is 0 Å². The molecule has 0 N–H and O–H groups in total. The average molecular weight is 339 g/mol. The Balaban J connectivity index is 1.71. The quantitative estimate of drug-likeness (QED) is 0.844. The van der Waals surface area contributed by atoms with Crippen LogP contribution in [0.2, 0.25) is 0 Å². The van der Waals surface area contributed by atoms with Gasteiger partial charge in [-0.3, -0.25) is 4.79 Å². The number of aromatic nitrogens is 2. The summed E-state index contributed by atoms with van der Waals surface area (Å²) in [5.41, 5.74) is 1.08. The highest BCUT2D eigenvalue weighted by Gasteiger charge is 2.24. The van der Waals surface area contributed by atoms with E-state index in [0.717, 1.165) is 22.7 Å². The third-order valence-corrected chi connectivity index (χ3v) is 5.52. The van der Waals surface area contributed by atoms with E-state index in [4.69, 9.17) is 0 Å². The summed E-state index contributed by atoms with van der Waals surface area (Å²) in [5, 5.41) is 2.03. The van der Waals surface area contributed by atoms with Gasteiger partial charge in [-0.25, -0.2) is 13.4 Å². The zero-order valence-corrected chi connectivity index (χ0v) is 13.9. The highest BCUT2D eigenvalue weighted by Crippen LogP contribution is 2.27. The normalized spacial score (nSPS) is 14.9. The van der Waals surface area contributed by atoms with E-state index in [1.54, 1.807) is 16.2 Å². The molecule has 22 heavy (non-hydrogen) atoms. The molecule has 1 aliphatic heterocycles. The Hall–Kier alpha value is -1.67. The second kappa shape index (κ2) is 5.85. The fourth-order valence-electron chi connectivity index (χ4n) is 2.52. The van der Waals surface area contributed by atoms with E-state index in [-0.39, 0.29) is 18.1 Å². The van der Waals surface area contributed by atoms with Crippen LogP contribution in [0.4, 0.5) is 0 Å². The molecule has 0 fully saturated rings. The molecule has 0 aromatic carbocycles. The SMILES string of the molecule is CS(=O)(=O)CCC(=O)N1CCn2c(-c3cccs3)cnc2C1. The fourth-order valence-corrected chi connectivity index (χ4v) is 3.81. The number of fused-ring (bicyclic) bond motifs is 1. The van der Waals surface area contributed by atoms with Gasteiger partial charge in [0.2, 0.25) is 5.91 Å². The van der Waals surface area contributed by atoms with E-state index in [9.17, 15) is 13.2 Å². The smallest absolute Gasteiger partial charge is 0.224 e. The first kappa shape index (κ1) is 15.2. The molecule has 0 saturated heterocycles. The van der Waals surface area contributed by atoms with E-state index < -0.39 is 9.84 Å². The van der Waals surface area contributed by atoms with Crippen LogP contribution in [0.25, 0.3) is 10.6 Å². The number of nitrogens with zero attached hydrogens (tertiary/aromatic N) is 3. The molecule has 118 valence electrons. The van der Waals surface area contributed by atoms with E-state index in [2.05, 4.69) is 15.6 Å². The van der Waals surface area contributed by atoms with Gasteiger partial charge in [0.25, 0.3) is 0 Å². The highest BCUT2D eigenvalue weighted by molar-refractivity contribution is 7.90. The van der Waals surface area contributed by atoms with Gasteiger partial charge < -0.3 is 9.47 Å². The van der Waals surface area contributed by atoms with Gasteiger partial charge in [-0.15, -0.1) is 11.3 Å². The fraction of sp³-hybridized carbons (Fsp3) is 0.429. The summed E-state index contributed by atoms with van der Waals surface area (Å²) >= 11 is 1.66. The molecule has 0 radical (unpaired) electrons. The monoisotopic (exact) mass is 339 g/mol. The summed E-state index contributed by atoms with van der Waals surface area (Å²) in [4.78, 5) is 19.4. The lowest BCUT2D eigenvalue weighted by atomic mass is 10.3. The molecule has 2 aromatic heterocycles. The number of carbonyl (C=O) groups is 1. The minimum absolute atomic E-state index is 0.0390. The van der Waals surface area contributed by atoms with Gasteiger partial charge in [0, 0.05) is 25.8 Å². The zero-order valence-electron chi connectivity index (χ0n) is 12.2. The lowest BCUT2D eigenvalue weighted by molar-refractivity contribution is -0.132. The summed E-state index contributed by atoms with van der Waals surface area (Å²) in [6.45, 7) is 1.71. The minimum atomic E-state index is -3.11. The van der Waals surface area contributed by atoms with E-state index >= 15 is 0 Å². The predicted molar refractivity (Wildman–Crippen MR) is 85.3 cm³/mol. The maximum Gasteiger partial charge on any atom is 0.224 e. The van der Waals surface area contributed by atoms with Crippen molar-refractivity contribution >= 4 is 27.1 Å². The largest absolute Gasteiger partial charge is 0.333 e. The minimum Gasteiger partial charge on any atom is -0.333 e. The molecule has 0 aliphatic carbocycles. The first-order chi connectivity index (χ1) is 10.4. The third-order valence-electron chi connectivity index (χ3n) is 3.68. The molecule has 6 nitrogen and oxygen atoms in total. The standard InChI is InChI=1S/C14H17N3O3S2/c1-22(19,20)8-4-14(18)16-5-6-17-11(9-15-13(17)10-16)12-3-2-7-21-12/h2-3,7,9H,4-6,8,10H2,1H3. The van der Waals surface area contributed by atoms with Crippen LogP contribution in [0.1, 0.15) is 12.2 Å². The topological polar surface area (TPSA) is 72.3 Å². The van der Waals surface area contributed by atoms with Gasteiger partial charge in [0.1, 0.15) is 15.7 Å². The third kappa shape index (κ3) is 3.22. The number of thiophene rings is 1. The maximum absolute atomic E-state index is 12.1. The van der Waals surface area contributed by atoms with Gasteiger partial charge >= 0.3 is 0 Å². The zero-order chi connectivity index (χ0) is 15.7. The van der Waals surface area contributed by atoms with Crippen LogP contribution in [0.5, 0.6) is 0 Å². The number of imidazole rings is 1. The van der Waals surface area contributed by atoms with E-state index in [1.807, 2.05) is 17.6 Å². The van der Waals surface area contributed by atoms with Crippen LogP contribution < -0.4 is 0 Å². The van der Waals surface area contributed by atoms with Crippen LogP contribution in [0, 0.1) is 0 Å². The van der Waals surface area contributed by atoms with Crippen molar-refractivity contribution in [2.75, 3.05) is 18.6 Å².